The van der Waals surface area contributed by atoms with Gasteiger partial charge in [0.15, 0.2) is 11.5 Å². The van der Waals surface area contributed by atoms with Gasteiger partial charge in [-0.2, -0.15) is 0 Å². The summed E-state index contributed by atoms with van der Waals surface area (Å²) >= 11 is 0. The molecule has 0 saturated heterocycles. The van der Waals surface area contributed by atoms with Gasteiger partial charge in [-0.1, -0.05) is 30.3 Å². The van der Waals surface area contributed by atoms with Crippen molar-refractivity contribution in [2.24, 2.45) is 0 Å². The van der Waals surface area contributed by atoms with Crippen LogP contribution in [-0.2, 0) is 9.53 Å². The van der Waals surface area contributed by atoms with E-state index in [0.29, 0.717) is 17.9 Å². The molecule has 1 heterocycles. The summed E-state index contributed by atoms with van der Waals surface area (Å²) in [6.07, 6.45) is 1.87. The van der Waals surface area contributed by atoms with Crippen molar-refractivity contribution in [1.82, 2.24) is 4.90 Å². The molecule has 1 aromatic carbocycles. The van der Waals surface area contributed by atoms with Crippen LogP contribution in [0, 0.1) is 0 Å². The molecule has 0 aromatic heterocycles. The third kappa shape index (κ3) is 2.67. The van der Waals surface area contributed by atoms with Gasteiger partial charge in [0.25, 0.3) is 0 Å². The van der Waals surface area contributed by atoms with Crippen molar-refractivity contribution in [3.8, 4) is 0 Å². The lowest BCUT2D eigenvalue weighted by Crippen LogP contribution is -2.34. The van der Waals surface area contributed by atoms with Crippen molar-refractivity contribution in [2.75, 3.05) is 13.7 Å². The van der Waals surface area contributed by atoms with Gasteiger partial charge >= 0.3 is 0 Å². The number of likely N-dealkylation sites (N-methyl/N-ethyl adjacent to an activating group) is 1. The summed E-state index contributed by atoms with van der Waals surface area (Å²) in [6.45, 7) is 2.62. The standard InChI is InChI=1S/C15H17NO3/c1-3-16-10-14(19-2)15(18)12(16)9-13(17)11-7-5-4-6-8-11/h4-8,10,12H,3,9H2,1-2H3. The minimum Gasteiger partial charge on any atom is -0.492 e. The molecule has 0 bridgehead atoms. The van der Waals surface area contributed by atoms with Crippen LogP contribution >= 0.6 is 0 Å². The minimum absolute atomic E-state index is 0.0249. The fourth-order valence-corrected chi connectivity index (χ4v) is 2.21. The topological polar surface area (TPSA) is 46.6 Å². The second kappa shape index (κ2) is 5.69. The Hall–Kier alpha value is -2.10. The van der Waals surface area contributed by atoms with Gasteiger partial charge in [0.05, 0.1) is 7.11 Å². The molecule has 0 amide bonds. The van der Waals surface area contributed by atoms with Crippen molar-refractivity contribution in [3.05, 3.63) is 47.9 Å². The predicted octanol–water partition coefficient (Wildman–Crippen LogP) is 2.02. The fraction of sp³-hybridized carbons (Fsp3) is 0.333. The van der Waals surface area contributed by atoms with E-state index in [1.165, 1.54) is 7.11 Å². The van der Waals surface area contributed by atoms with Crippen LogP contribution in [0.4, 0.5) is 0 Å². The number of ether oxygens (including phenoxy) is 1. The molecular weight excluding hydrogens is 242 g/mol. The van der Waals surface area contributed by atoms with Crippen molar-refractivity contribution in [1.29, 1.82) is 0 Å². The monoisotopic (exact) mass is 259 g/mol. The highest BCUT2D eigenvalue weighted by Crippen LogP contribution is 2.22. The maximum atomic E-state index is 12.2. The summed E-state index contributed by atoms with van der Waals surface area (Å²) in [6, 6.07) is 8.60. The lowest BCUT2D eigenvalue weighted by Gasteiger charge is -2.21. The summed E-state index contributed by atoms with van der Waals surface area (Å²) in [5.74, 6) is 0.185. The normalized spacial score (nSPS) is 18.4. The Kier molecular flexibility index (Phi) is 4.00. The number of methoxy groups -OCH3 is 1. The lowest BCUT2D eigenvalue weighted by molar-refractivity contribution is -0.120. The third-order valence-corrected chi connectivity index (χ3v) is 3.29. The molecule has 0 saturated carbocycles. The molecule has 1 atom stereocenters. The van der Waals surface area contributed by atoms with Crippen LogP contribution in [0.5, 0.6) is 0 Å². The number of Topliss-reactive ketones (excluding diaryl/α,β-unsaturated/α-hetero) is 2. The van der Waals surface area contributed by atoms with E-state index >= 15 is 0 Å². The van der Waals surface area contributed by atoms with E-state index in [-0.39, 0.29) is 18.0 Å². The van der Waals surface area contributed by atoms with Gasteiger partial charge in [-0.05, 0) is 6.92 Å². The molecular formula is C15H17NO3. The van der Waals surface area contributed by atoms with Crippen molar-refractivity contribution in [3.63, 3.8) is 0 Å². The quantitative estimate of drug-likeness (QED) is 0.759. The van der Waals surface area contributed by atoms with Crippen LogP contribution in [0.25, 0.3) is 0 Å². The van der Waals surface area contributed by atoms with Gasteiger partial charge < -0.3 is 9.64 Å². The van der Waals surface area contributed by atoms with Crippen molar-refractivity contribution >= 4 is 11.6 Å². The molecule has 4 nitrogen and oxygen atoms in total. The highest BCUT2D eigenvalue weighted by atomic mass is 16.5. The molecule has 1 unspecified atom stereocenters. The van der Waals surface area contributed by atoms with Gasteiger partial charge in [0.2, 0.25) is 5.78 Å². The van der Waals surface area contributed by atoms with Gasteiger partial charge in [-0.25, -0.2) is 0 Å². The maximum absolute atomic E-state index is 12.2. The van der Waals surface area contributed by atoms with Crippen LogP contribution in [0.2, 0.25) is 0 Å². The van der Waals surface area contributed by atoms with E-state index in [1.807, 2.05) is 30.0 Å². The van der Waals surface area contributed by atoms with E-state index in [4.69, 9.17) is 4.74 Å². The Balaban J connectivity index is 2.11. The van der Waals surface area contributed by atoms with Gasteiger partial charge in [-0.15, -0.1) is 0 Å². The van der Waals surface area contributed by atoms with E-state index in [0.717, 1.165) is 0 Å². The Bertz CT molecular complexity index is 507. The molecule has 0 spiro atoms. The largest absolute Gasteiger partial charge is 0.492 e. The molecule has 2 rings (SSSR count). The van der Waals surface area contributed by atoms with Crippen LogP contribution < -0.4 is 0 Å². The van der Waals surface area contributed by atoms with Crippen LogP contribution in [0.1, 0.15) is 23.7 Å². The number of ketones is 2. The van der Waals surface area contributed by atoms with Gasteiger partial charge in [0, 0.05) is 24.7 Å². The maximum Gasteiger partial charge on any atom is 0.221 e. The second-order valence-electron chi connectivity index (χ2n) is 4.40. The van der Waals surface area contributed by atoms with Crippen LogP contribution in [0.3, 0.4) is 0 Å². The molecule has 4 heteroatoms. The zero-order chi connectivity index (χ0) is 13.8. The molecule has 0 N–H and O–H groups in total. The van der Waals surface area contributed by atoms with E-state index in [1.54, 1.807) is 18.3 Å². The SMILES string of the molecule is CCN1C=C(OC)C(=O)C1CC(=O)c1ccccc1. The summed E-state index contributed by atoms with van der Waals surface area (Å²) in [4.78, 5) is 26.1. The third-order valence-electron chi connectivity index (χ3n) is 3.29. The molecule has 1 aliphatic heterocycles. The first-order valence-electron chi connectivity index (χ1n) is 6.31. The molecule has 19 heavy (non-hydrogen) atoms. The van der Waals surface area contributed by atoms with Crippen molar-refractivity contribution in [2.45, 2.75) is 19.4 Å². The summed E-state index contributed by atoms with van der Waals surface area (Å²) in [5, 5.41) is 0. The Morgan fingerprint density at radius 1 is 1.32 bits per heavy atom. The van der Waals surface area contributed by atoms with E-state index in [9.17, 15) is 9.59 Å². The molecule has 0 radical (unpaired) electrons. The van der Waals surface area contributed by atoms with E-state index < -0.39 is 6.04 Å². The van der Waals surface area contributed by atoms with E-state index in [2.05, 4.69) is 0 Å². The van der Waals surface area contributed by atoms with Crippen LogP contribution in [0.15, 0.2) is 42.3 Å². The zero-order valence-electron chi connectivity index (χ0n) is 11.1. The molecule has 1 aromatic rings. The number of hydrogen-bond donors (Lipinski definition) is 0. The first kappa shape index (κ1) is 13.3. The minimum atomic E-state index is -0.437. The van der Waals surface area contributed by atoms with Crippen molar-refractivity contribution < 1.29 is 14.3 Å². The average Bonchev–Trinajstić information content (AvgIpc) is 2.76. The summed E-state index contributed by atoms with van der Waals surface area (Å²) < 4.78 is 5.03. The predicted molar refractivity (Wildman–Crippen MR) is 71.7 cm³/mol. The first-order chi connectivity index (χ1) is 9.17. The summed E-state index contributed by atoms with van der Waals surface area (Å²) in [5.41, 5.74) is 0.636. The molecule has 100 valence electrons. The number of hydrogen-bond acceptors (Lipinski definition) is 4. The smallest absolute Gasteiger partial charge is 0.221 e. The highest BCUT2D eigenvalue weighted by molar-refractivity contribution is 6.05. The molecule has 1 aliphatic rings. The lowest BCUT2D eigenvalue weighted by atomic mass is 10.0. The van der Waals surface area contributed by atoms with Crippen LogP contribution in [-0.4, -0.2) is 36.2 Å². The number of carbonyl (C=O) groups excluding carboxylic acids is 2. The number of carbonyl (C=O) groups is 2. The zero-order valence-corrected chi connectivity index (χ0v) is 11.1. The molecule has 0 aliphatic carbocycles. The second-order valence-corrected chi connectivity index (χ2v) is 4.40. The Morgan fingerprint density at radius 3 is 2.58 bits per heavy atom. The fourth-order valence-electron chi connectivity index (χ4n) is 2.21. The number of benzene rings is 1. The average molecular weight is 259 g/mol. The number of rotatable bonds is 5. The molecule has 0 fully saturated rings. The first-order valence-corrected chi connectivity index (χ1v) is 6.31. The Labute approximate surface area is 112 Å². The Morgan fingerprint density at radius 2 is 2.00 bits per heavy atom. The summed E-state index contributed by atoms with van der Waals surface area (Å²) in [7, 11) is 1.47. The van der Waals surface area contributed by atoms with Gasteiger partial charge in [-0.3, -0.25) is 9.59 Å². The highest BCUT2D eigenvalue weighted by Gasteiger charge is 2.35. The van der Waals surface area contributed by atoms with Gasteiger partial charge in [0.1, 0.15) is 6.04 Å². The number of nitrogens with zero attached hydrogens (tertiary/aromatic N) is 1.